The van der Waals surface area contributed by atoms with Gasteiger partial charge in [-0.05, 0) is 6.92 Å². The van der Waals surface area contributed by atoms with Crippen LogP contribution in [0.15, 0.2) is 60.7 Å². The van der Waals surface area contributed by atoms with Gasteiger partial charge >= 0.3 is 0 Å². The minimum atomic E-state index is 0.522. The van der Waals surface area contributed by atoms with E-state index in [1.165, 1.54) is 11.1 Å². The van der Waals surface area contributed by atoms with E-state index >= 15 is 0 Å². The Hall–Kier alpha value is -1.31. The highest BCUT2D eigenvalue weighted by atomic mass is 35.5. The molecule has 0 aliphatic carbocycles. The van der Waals surface area contributed by atoms with E-state index in [0.29, 0.717) is 4.00 Å². The SMILES string of the molecule is CC[N+](Cl)(Cc1ccccc1)Cc1ccccc1. The van der Waals surface area contributed by atoms with Crippen molar-refractivity contribution in [3.63, 3.8) is 0 Å². The van der Waals surface area contributed by atoms with Crippen molar-refractivity contribution in [2.24, 2.45) is 0 Å². The zero-order valence-corrected chi connectivity index (χ0v) is 11.5. The van der Waals surface area contributed by atoms with E-state index in [-0.39, 0.29) is 0 Å². The first-order chi connectivity index (χ1) is 8.72. The Balaban J connectivity index is 2.11. The van der Waals surface area contributed by atoms with E-state index in [0.717, 1.165) is 19.6 Å². The van der Waals surface area contributed by atoms with Crippen LogP contribution < -0.4 is 0 Å². The fourth-order valence-corrected chi connectivity index (χ4v) is 2.38. The number of rotatable bonds is 5. The molecule has 0 bridgehead atoms. The molecule has 2 aromatic rings. The monoisotopic (exact) mass is 260 g/mol. The van der Waals surface area contributed by atoms with Crippen LogP contribution in [0.1, 0.15) is 18.1 Å². The lowest BCUT2D eigenvalue weighted by Crippen LogP contribution is -2.36. The van der Waals surface area contributed by atoms with Crippen LogP contribution in [-0.4, -0.2) is 10.5 Å². The lowest BCUT2D eigenvalue weighted by atomic mass is 10.1. The number of benzene rings is 2. The first-order valence-corrected chi connectivity index (χ1v) is 6.69. The minimum absolute atomic E-state index is 0.522. The molecule has 0 aliphatic rings. The summed E-state index contributed by atoms with van der Waals surface area (Å²) in [5, 5.41) is 0. The normalized spacial score (nSPS) is 11.4. The molecule has 2 heteroatoms. The van der Waals surface area contributed by atoms with Crippen molar-refractivity contribution in [1.82, 2.24) is 0 Å². The molecule has 0 amide bonds. The molecule has 94 valence electrons. The zero-order chi connectivity index (χ0) is 12.8. The summed E-state index contributed by atoms with van der Waals surface area (Å²) in [6.07, 6.45) is 0. The lowest BCUT2D eigenvalue weighted by Gasteiger charge is -2.28. The van der Waals surface area contributed by atoms with E-state index < -0.39 is 0 Å². The Labute approximate surface area is 114 Å². The van der Waals surface area contributed by atoms with Crippen LogP contribution in [0, 0.1) is 0 Å². The van der Waals surface area contributed by atoms with E-state index in [1.807, 2.05) is 12.1 Å². The summed E-state index contributed by atoms with van der Waals surface area (Å²) in [6.45, 7) is 4.76. The van der Waals surface area contributed by atoms with Gasteiger partial charge in [-0.25, -0.2) is 4.00 Å². The summed E-state index contributed by atoms with van der Waals surface area (Å²) in [4.78, 5) is 0. The van der Waals surface area contributed by atoms with Gasteiger partial charge in [0.15, 0.2) is 11.8 Å². The van der Waals surface area contributed by atoms with Crippen molar-refractivity contribution in [2.75, 3.05) is 6.54 Å². The Morgan fingerprint density at radius 1 is 0.778 bits per heavy atom. The number of quaternary nitrogens is 1. The van der Waals surface area contributed by atoms with Crippen molar-refractivity contribution in [1.29, 1.82) is 0 Å². The standard InChI is InChI=1S/C16H19ClN/c1-2-18(17,13-15-9-5-3-6-10-15)14-16-11-7-4-8-12-16/h3-12H,2,13-14H2,1H3/q+1. The highest BCUT2D eigenvalue weighted by molar-refractivity contribution is 6.06. The Bertz CT molecular complexity index is 425. The molecule has 0 spiro atoms. The van der Waals surface area contributed by atoms with Gasteiger partial charge in [0, 0.05) is 11.1 Å². The molecular weight excluding hydrogens is 242 g/mol. The van der Waals surface area contributed by atoms with Gasteiger partial charge in [-0.1, -0.05) is 60.7 Å². The third kappa shape index (κ3) is 3.59. The fraction of sp³-hybridized carbons (Fsp3) is 0.250. The van der Waals surface area contributed by atoms with Crippen LogP contribution in [0.3, 0.4) is 0 Å². The van der Waals surface area contributed by atoms with Crippen LogP contribution in [0.2, 0.25) is 0 Å². The van der Waals surface area contributed by atoms with Gasteiger partial charge in [-0.2, -0.15) is 0 Å². The topological polar surface area (TPSA) is 0 Å². The summed E-state index contributed by atoms with van der Waals surface area (Å²) in [5.74, 6) is 0. The summed E-state index contributed by atoms with van der Waals surface area (Å²) >= 11 is 6.73. The maximum atomic E-state index is 6.73. The average Bonchev–Trinajstić information content (AvgIpc) is 2.41. The van der Waals surface area contributed by atoms with Crippen LogP contribution in [-0.2, 0) is 13.1 Å². The molecule has 0 heterocycles. The second-order valence-electron chi connectivity index (χ2n) is 4.63. The second kappa shape index (κ2) is 6.03. The average molecular weight is 261 g/mol. The van der Waals surface area contributed by atoms with Crippen LogP contribution in [0.4, 0.5) is 0 Å². The van der Waals surface area contributed by atoms with Gasteiger partial charge in [0.1, 0.15) is 13.1 Å². The number of hydrogen-bond acceptors (Lipinski definition) is 0. The van der Waals surface area contributed by atoms with Crippen LogP contribution >= 0.6 is 11.8 Å². The Morgan fingerprint density at radius 2 is 1.17 bits per heavy atom. The van der Waals surface area contributed by atoms with E-state index in [4.69, 9.17) is 11.8 Å². The molecule has 1 nitrogen and oxygen atoms in total. The van der Waals surface area contributed by atoms with Crippen molar-refractivity contribution in [2.45, 2.75) is 20.0 Å². The predicted octanol–water partition coefficient (Wildman–Crippen LogP) is 4.38. The highest BCUT2D eigenvalue weighted by Gasteiger charge is 2.24. The maximum absolute atomic E-state index is 6.73. The smallest absolute Gasteiger partial charge is 0.165 e. The third-order valence-electron chi connectivity index (χ3n) is 3.18. The molecule has 0 saturated carbocycles. The van der Waals surface area contributed by atoms with Crippen molar-refractivity contribution < 1.29 is 4.00 Å². The molecule has 0 atom stereocenters. The van der Waals surface area contributed by atoms with E-state index in [9.17, 15) is 0 Å². The van der Waals surface area contributed by atoms with Crippen molar-refractivity contribution in [3.8, 4) is 0 Å². The molecule has 0 saturated heterocycles. The molecule has 0 radical (unpaired) electrons. The Kier molecular flexibility index (Phi) is 4.40. The van der Waals surface area contributed by atoms with Crippen molar-refractivity contribution in [3.05, 3.63) is 71.8 Å². The van der Waals surface area contributed by atoms with Crippen LogP contribution in [0.25, 0.3) is 0 Å². The third-order valence-corrected chi connectivity index (χ3v) is 3.66. The van der Waals surface area contributed by atoms with Gasteiger partial charge < -0.3 is 0 Å². The van der Waals surface area contributed by atoms with Gasteiger partial charge in [0.25, 0.3) is 0 Å². The molecule has 2 aromatic carbocycles. The molecule has 0 fully saturated rings. The molecular formula is C16H19ClN+. The second-order valence-corrected chi connectivity index (χ2v) is 5.35. The molecule has 0 aromatic heterocycles. The number of nitrogens with zero attached hydrogens (tertiary/aromatic N) is 1. The molecule has 0 N–H and O–H groups in total. The summed E-state index contributed by atoms with van der Waals surface area (Å²) in [6, 6.07) is 20.9. The predicted molar refractivity (Wildman–Crippen MR) is 76.9 cm³/mol. The summed E-state index contributed by atoms with van der Waals surface area (Å²) in [7, 11) is 0. The van der Waals surface area contributed by atoms with Gasteiger partial charge in [0.05, 0.1) is 6.54 Å². The zero-order valence-electron chi connectivity index (χ0n) is 10.7. The molecule has 2 rings (SSSR count). The first kappa shape index (κ1) is 13.1. The van der Waals surface area contributed by atoms with Gasteiger partial charge in [-0.15, -0.1) is 0 Å². The lowest BCUT2D eigenvalue weighted by molar-refractivity contribution is -0.841. The van der Waals surface area contributed by atoms with E-state index in [1.54, 1.807) is 0 Å². The fourth-order valence-electron chi connectivity index (χ4n) is 2.10. The van der Waals surface area contributed by atoms with Crippen molar-refractivity contribution >= 4 is 11.8 Å². The number of hydrogen-bond donors (Lipinski definition) is 0. The molecule has 18 heavy (non-hydrogen) atoms. The first-order valence-electron chi connectivity index (χ1n) is 6.35. The summed E-state index contributed by atoms with van der Waals surface area (Å²) < 4.78 is 0.522. The van der Waals surface area contributed by atoms with Gasteiger partial charge in [0.2, 0.25) is 0 Å². The minimum Gasteiger partial charge on any atom is -0.215 e. The van der Waals surface area contributed by atoms with Gasteiger partial charge in [-0.3, -0.25) is 0 Å². The Morgan fingerprint density at radius 3 is 1.50 bits per heavy atom. The highest BCUT2D eigenvalue weighted by Crippen LogP contribution is 2.22. The maximum Gasteiger partial charge on any atom is 0.165 e. The van der Waals surface area contributed by atoms with Crippen LogP contribution in [0.5, 0.6) is 0 Å². The molecule has 0 unspecified atom stereocenters. The largest absolute Gasteiger partial charge is 0.215 e. The quantitative estimate of drug-likeness (QED) is 0.700. The summed E-state index contributed by atoms with van der Waals surface area (Å²) in [5.41, 5.74) is 2.57. The van der Waals surface area contributed by atoms with E-state index in [2.05, 4.69) is 55.5 Å². The number of halogens is 1. The molecule has 0 aliphatic heterocycles.